The molecule has 2 aromatic rings. The molecule has 1 aromatic carbocycles. The highest BCUT2D eigenvalue weighted by Crippen LogP contribution is 2.33. The molecule has 0 radical (unpaired) electrons. The second-order valence-electron chi connectivity index (χ2n) is 5.64. The summed E-state index contributed by atoms with van der Waals surface area (Å²) in [6.07, 6.45) is 7.89. The first-order valence-electron chi connectivity index (χ1n) is 8.05. The number of carbonyl (C=O) groups excluding carboxylic acids is 2. The van der Waals surface area contributed by atoms with Crippen LogP contribution < -0.4 is 15.0 Å². The van der Waals surface area contributed by atoms with E-state index in [0.717, 1.165) is 17.7 Å². The van der Waals surface area contributed by atoms with Gasteiger partial charge in [0.25, 0.3) is 0 Å². The molecule has 1 saturated heterocycles. The summed E-state index contributed by atoms with van der Waals surface area (Å²) in [4.78, 5) is 29.7. The molecular formula is C19H19N3O3. The van der Waals surface area contributed by atoms with Crippen LogP contribution in [-0.4, -0.2) is 30.5 Å². The second-order valence-corrected chi connectivity index (χ2v) is 5.64. The topological polar surface area (TPSA) is 71.5 Å². The number of hydrogen-bond acceptors (Lipinski definition) is 4. The van der Waals surface area contributed by atoms with Gasteiger partial charge >= 0.3 is 0 Å². The molecule has 3 rings (SSSR count). The van der Waals surface area contributed by atoms with Gasteiger partial charge in [-0.3, -0.25) is 14.6 Å². The van der Waals surface area contributed by atoms with Gasteiger partial charge in [-0.2, -0.15) is 0 Å². The Balaban J connectivity index is 1.71. The predicted octanol–water partition coefficient (Wildman–Crippen LogP) is 2.87. The van der Waals surface area contributed by atoms with Crippen molar-refractivity contribution in [3.05, 3.63) is 54.4 Å². The fraction of sp³-hybridized carbons (Fsp3) is 0.211. The molecule has 25 heavy (non-hydrogen) atoms. The summed E-state index contributed by atoms with van der Waals surface area (Å²) in [5.41, 5.74) is 2.18. The molecular weight excluding hydrogens is 318 g/mol. The van der Waals surface area contributed by atoms with Crippen LogP contribution in [0.4, 0.5) is 11.4 Å². The van der Waals surface area contributed by atoms with Crippen LogP contribution in [-0.2, 0) is 9.59 Å². The summed E-state index contributed by atoms with van der Waals surface area (Å²) in [6, 6.07) is 8.95. The van der Waals surface area contributed by atoms with Gasteiger partial charge in [-0.15, -0.1) is 0 Å². The first-order chi connectivity index (χ1) is 12.2. The molecule has 2 amide bonds. The van der Waals surface area contributed by atoms with Crippen molar-refractivity contribution in [3.8, 4) is 5.75 Å². The number of carbonyl (C=O) groups is 2. The molecule has 1 aliphatic rings. The maximum absolute atomic E-state index is 12.1. The van der Waals surface area contributed by atoms with Crippen molar-refractivity contribution in [2.45, 2.75) is 12.8 Å². The quantitative estimate of drug-likeness (QED) is 0.852. The number of benzene rings is 1. The zero-order valence-corrected chi connectivity index (χ0v) is 13.9. The number of methoxy groups -OCH3 is 1. The number of hydrogen-bond donors (Lipinski definition) is 1. The number of nitrogens with one attached hydrogen (secondary N) is 1. The van der Waals surface area contributed by atoms with Gasteiger partial charge in [0.2, 0.25) is 11.8 Å². The summed E-state index contributed by atoms with van der Waals surface area (Å²) in [5.74, 6) is 0.398. The molecule has 1 aromatic heterocycles. The van der Waals surface area contributed by atoms with Crippen LogP contribution in [0.5, 0.6) is 5.75 Å². The Hall–Kier alpha value is -3.15. The van der Waals surface area contributed by atoms with E-state index in [-0.39, 0.29) is 11.8 Å². The summed E-state index contributed by atoms with van der Waals surface area (Å²) >= 11 is 0. The monoisotopic (exact) mass is 337 g/mol. The van der Waals surface area contributed by atoms with E-state index in [1.165, 1.54) is 6.08 Å². The molecule has 0 spiro atoms. The van der Waals surface area contributed by atoms with Gasteiger partial charge in [-0.25, -0.2) is 0 Å². The second kappa shape index (κ2) is 7.61. The average Bonchev–Trinajstić information content (AvgIpc) is 3.06. The van der Waals surface area contributed by atoms with Gasteiger partial charge in [0, 0.05) is 43.2 Å². The van der Waals surface area contributed by atoms with E-state index in [0.29, 0.717) is 24.4 Å². The molecule has 1 fully saturated rings. The number of nitrogens with zero attached hydrogens (tertiary/aromatic N) is 2. The van der Waals surface area contributed by atoms with E-state index >= 15 is 0 Å². The number of aromatic nitrogens is 1. The minimum atomic E-state index is -0.254. The minimum absolute atomic E-state index is 0.0921. The third-order valence-corrected chi connectivity index (χ3v) is 3.92. The Morgan fingerprint density at radius 2 is 2.24 bits per heavy atom. The van der Waals surface area contributed by atoms with Crippen LogP contribution in [0.15, 0.2) is 48.8 Å². The standard InChI is InChI=1S/C19H19N3O3/c1-25-17-12-15(7-8-16(17)22-11-3-5-19(22)24)21-18(23)9-6-14-4-2-10-20-13-14/h2,4,6-10,12-13H,3,5,11H2,1H3,(H,21,23)/b9-6+. The largest absolute Gasteiger partial charge is 0.494 e. The van der Waals surface area contributed by atoms with Crippen LogP contribution >= 0.6 is 0 Å². The average molecular weight is 337 g/mol. The highest BCUT2D eigenvalue weighted by atomic mass is 16.5. The fourth-order valence-corrected chi connectivity index (χ4v) is 2.71. The molecule has 6 heteroatoms. The van der Waals surface area contributed by atoms with Crippen molar-refractivity contribution in [2.75, 3.05) is 23.9 Å². The SMILES string of the molecule is COc1cc(NC(=O)/C=C/c2cccnc2)ccc1N1CCCC1=O. The van der Waals surface area contributed by atoms with Crippen LogP contribution in [0.1, 0.15) is 18.4 Å². The lowest BCUT2D eigenvalue weighted by Crippen LogP contribution is -2.24. The lowest BCUT2D eigenvalue weighted by Gasteiger charge is -2.19. The van der Waals surface area contributed by atoms with E-state index in [2.05, 4.69) is 10.3 Å². The van der Waals surface area contributed by atoms with E-state index in [1.807, 2.05) is 6.07 Å². The minimum Gasteiger partial charge on any atom is -0.494 e. The first kappa shape index (κ1) is 16.7. The van der Waals surface area contributed by atoms with Gasteiger partial charge in [0.05, 0.1) is 12.8 Å². The number of anilines is 2. The molecule has 128 valence electrons. The zero-order chi connectivity index (χ0) is 17.6. The third-order valence-electron chi connectivity index (χ3n) is 3.92. The fourth-order valence-electron chi connectivity index (χ4n) is 2.71. The smallest absolute Gasteiger partial charge is 0.248 e. The maximum Gasteiger partial charge on any atom is 0.248 e. The molecule has 0 bridgehead atoms. The summed E-state index contributed by atoms with van der Waals surface area (Å²) in [7, 11) is 1.55. The van der Waals surface area contributed by atoms with E-state index in [4.69, 9.17) is 4.74 Å². The van der Waals surface area contributed by atoms with Crippen molar-refractivity contribution in [1.29, 1.82) is 0 Å². The molecule has 1 aliphatic heterocycles. The number of amides is 2. The predicted molar refractivity (Wildman–Crippen MR) is 96.5 cm³/mol. The van der Waals surface area contributed by atoms with Crippen molar-refractivity contribution in [3.63, 3.8) is 0 Å². The van der Waals surface area contributed by atoms with Crippen LogP contribution in [0, 0.1) is 0 Å². The first-order valence-corrected chi connectivity index (χ1v) is 8.05. The highest BCUT2D eigenvalue weighted by molar-refractivity contribution is 6.02. The summed E-state index contributed by atoms with van der Waals surface area (Å²) in [6.45, 7) is 0.689. The Labute approximate surface area is 146 Å². The summed E-state index contributed by atoms with van der Waals surface area (Å²) < 4.78 is 5.39. The van der Waals surface area contributed by atoms with E-state index < -0.39 is 0 Å². The Kier molecular flexibility index (Phi) is 5.09. The Morgan fingerprint density at radius 3 is 2.92 bits per heavy atom. The number of rotatable bonds is 5. The van der Waals surface area contributed by atoms with Gasteiger partial charge in [0.15, 0.2) is 0 Å². The van der Waals surface area contributed by atoms with E-state index in [1.54, 1.807) is 54.7 Å². The van der Waals surface area contributed by atoms with Crippen molar-refractivity contribution < 1.29 is 14.3 Å². The normalized spacial score (nSPS) is 14.1. The Morgan fingerprint density at radius 1 is 1.36 bits per heavy atom. The van der Waals surface area contributed by atoms with Gasteiger partial charge in [-0.05, 0) is 36.3 Å². The zero-order valence-electron chi connectivity index (χ0n) is 13.9. The van der Waals surface area contributed by atoms with Crippen LogP contribution in [0.3, 0.4) is 0 Å². The lowest BCUT2D eigenvalue weighted by atomic mass is 10.2. The molecule has 0 aliphatic carbocycles. The van der Waals surface area contributed by atoms with Crippen molar-refractivity contribution in [2.24, 2.45) is 0 Å². The highest BCUT2D eigenvalue weighted by Gasteiger charge is 2.24. The van der Waals surface area contributed by atoms with Gasteiger partial charge in [0.1, 0.15) is 5.75 Å². The van der Waals surface area contributed by atoms with Crippen LogP contribution in [0.25, 0.3) is 6.08 Å². The number of ether oxygens (including phenoxy) is 1. The summed E-state index contributed by atoms with van der Waals surface area (Å²) in [5, 5.41) is 2.79. The Bertz CT molecular complexity index is 803. The van der Waals surface area contributed by atoms with Gasteiger partial charge < -0.3 is 15.0 Å². The molecule has 0 atom stereocenters. The van der Waals surface area contributed by atoms with E-state index in [9.17, 15) is 9.59 Å². The van der Waals surface area contributed by atoms with Crippen molar-refractivity contribution in [1.82, 2.24) is 4.98 Å². The molecule has 6 nitrogen and oxygen atoms in total. The molecule has 0 saturated carbocycles. The molecule has 0 unspecified atom stereocenters. The van der Waals surface area contributed by atoms with Crippen LogP contribution in [0.2, 0.25) is 0 Å². The molecule has 1 N–H and O–H groups in total. The van der Waals surface area contributed by atoms with Gasteiger partial charge in [-0.1, -0.05) is 6.07 Å². The lowest BCUT2D eigenvalue weighted by molar-refractivity contribution is -0.117. The molecule has 2 heterocycles. The third kappa shape index (κ3) is 4.03. The number of pyridine rings is 1. The maximum atomic E-state index is 12.1. The van der Waals surface area contributed by atoms with Crippen molar-refractivity contribution >= 4 is 29.3 Å².